The Morgan fingerprint density at radius 3 is 2.85 bits per heavy atom. The number of hydrogen-bond acceptors (Lipinski definition) is 4. The highest BCUT2D eigenvalue weighted by atomic mass is 16.7. The third-order valence-electron chi connectivity index (χ3n) is 5.10. The Bertz CT molecular complexity index is 726. The van der Waals surface area contributed by atoms with Crippen LogP contribution in [0.1, 0.15) is 45.6 Å². The van der Waals surface area contributed by atoms with Gasteiger partial charge in [0.05, 0.1) is 0 Å². The lowest BCUT2D eigenvalue weighted by molar-refractivity contribution is -0.129. The summed E-state index contributed by atoms with van der Waals surface area (Å²) in [4.78, 5) is 17.2. The van der Waals surface area contributed by atoms with Gasteiger partial charge in [-0.3, -0.25) is 4.79 Å². The fourth-order valence-corrected chi connectivity index (χ4v) is 3.59. The molecule has 0 N–H and O–H groups in total. The van der Waals surface area contributed by atoms with Gasteiger partial charge in [-0.05, 0) is 57.0 Å². The van der Waals surface area contributed by atoms with Crippen LogP contribution in [0, 0.1) is 0 Å². The number of nitrogens with zero attached hydrogens (tertiary/aromatic N) is 2. The van der Waals surface area contributed by atoms with Crippen LogP contribution in [0.25, 0.3) is 0 Å². The Hall–Kier alpha value is -2.43. The van der Waals surface area contributed by atoms with E-state index in [1.54, 1.807) is 0 Å². The van der Waals surface area contributed by atoms with Gasteiger partial charge in [-0.25, -0.2) is 0 Å². The van der Waals surface area contributed by atoms with Gasteiger partial charge in [-0.2, -0.15) is 0 Å². The fourth-order valence-electron chi connectivity index (χ4n) is 3.59. The van der Waals surface area contributed by atoms with Crippen LogP contribution in [0.3, 0.4) is 0 Å². The van der Waals surface area contributed by atoms with Crippen molar-refractivity contribution in [3.8, 4) is 11.5 Å². The number of rotatable bonds is 8. The number of fused-ring (bicyclic) bond motifs is 1. The quantitative estimate of drug-likeness (QED) is 0.691. The number of allylic oxidation sites excluding steroid dienone is 1. The first-order chi connectivity index (χ1) is 13.1. The van der Waals surface area contributed by atoms with Crippen molar-refractivity contribution in [3.63, 3.8) is 0 Å². The third-order valence-corrected chi connectivity index (χ3v) is 5.10. The molecule has 0 spiro atoms. The maximum Gasteiger partial charge on any atom is 0.251 e. The summed E-state index contributed by atoms with van der Waals surface area (Å²) in [6, 6.07) is 6.13. The molecule has 1 aromatic carbocycles. The average molecular weight is 370 g/mol. The van der Waals surface area contributed by atoms with Crippen LogP contribution in [0.15, 0.2) is 42.2 Å². The molecule has 0 saturated carbocycles. The van der Waals surface area contributed by atoms with E-state index in [4.69, 9.17) is 9.47 Å². The van der Waals surface area contributed by atoms with E-state index in [1.165, 1.54) is 0 Å². The summed E-state index contributed by atoms with van der Waals surface area (Å²) in [6.45, 7) is 8.27. The Morgan fingerprint density at radius 2 is 2.07 bits per heavy atom. The number of unbranched alkanes of at least 4 members (excludes halogenated alkanes) is 1. The first-order valence-corrected chi connectivity index (χ1v) is 9.95. The highest BCUT2D eigenvalue weighted by Crippen LogP contribution is 2.33. The molecule has 0 aromatic heterocycles. The minimum atomic E-state index is 0.110. The predicted molar refractivity (Wildman–Crippen MR) is 107 cm³/mol. The van der Waals surface area contributed by atoms with E-state index in [0.717, 1.165) is 48.4 Å². The summed E-state index contributed by atoms with van der Waals surface area (Å²) >= 11 is 0. The minimum absolute atomic E-state index is 0.110. The van der Waals surface area contributed by atoms with E-state index in [1.807, 2.05) is 30.2 Å². The van der Waals surface area contributed by atoms with Gasteiger partial charge in [0.1, 0.15) is 0 Å². The number of likely N-dealkylation sites (N-methyl/N-ethyl adjacent to an activating group) is 1. The molecule has 0 radical (unpaired) electrons. The highest BCUT2D eigenvalue weighted by molar-refractivity contribution is 5.94. The molecule has 2 aliphatic heterocycles. The Labute approximate surface area is 162 Å². The van der Waals surface area contributed by atoms with Gasteiger partial charge >= 0.3 is 0 Å². The number of carbonyl (C=O) groups is 1. The van der Waals surface area contributed by atoms with E-state index in [2.05, 4.69) is 37.1 Å². The van der Waals surface area contributed by atoms with Gasteiger partial charge in [-0.1, -0.05) is 25.5 Å². The summed E-state index contributed by atoms with van der Waals surface area (Å²) in [7, 11) is 0. The van der Waals surface area contributed by atoms with Crippen LogP contribution in [0.4, 0.5) is 0 Å². The van der Waals surface area contributed by atoms with Crippen molar-refractivity contribution in [1.29, 1.82) is 0 Å². The van der Waals surface area contributed by atoms with E-state index >= 15 is 0 Å². The molecule has 1 atom stereocenters. The lowest BCUT2D eigenvalue weighted by Crippen LogP contribution is -2.41. The van der Waals surface area contributed by atoms with Crippen molar-refractivity contribution in [2.75, 3.05) is 19.9 Å². The maximum atomic E-state index is 13.1. The fraction of sp³-hybridized carbons (Fsp3) is 0.500. The minimum Gasteiger partial charge on any atom is -0.454 e. The molecule has 146 valence electrons. The standard InChI is InChI=1S/C22H30N2O3/c1-4-6-11-23-12-7-8-19(15-23)22(25)24(5-2)17(3)13-18-9-10-20-21(14-18)27-16-26-20/h7,9-10,12,14-15,17H,4-6,8,11,13,16H2,1-3H3. The lowest BCUT2D eigenvalue weighted by Gasteiger charge is -2.31. The van der Waals surface area contributed by atoms with E-state index in [0.29, 0.717) is 13.0 Å². The van der Waals surface area contributed by atoms with Crippen molar-refractivity contribution < 1.29 is 14.3 Å². The highest BCUT2D eigenvalue weighted by Gasteiger charge is 2.24. The Morgan fingerprint density at radius 1 is 1.26 bits per heavy atom. The van der Waals surface area contributed by atoms with Crippen molar-refractivity contribution in [2.24, 2.45) is 0 Å². The van der Waals surface area contributed by atoms with Crippen LogP contribution < -0.4 is 9.47 Å². The lowest BCUT2D eigenvalue weighted by atomic mass is 10.0. The number of carbonyl (C=O) groups excluding carboxylic acids is 1. The molecule has 3 rings (SSSR count). The van der Waals surface area contributed by atoms with Gasteiger partial charge in [0.25, 0.3) is 5.91 Å². The Balaban J connectivity index is 1.66. The number of benzene rings is 1. The average Bonchev–Trinajstić information content (AvgIpc) is 3.15. The molecule has 0 aliphatic carbocycles. The van der Waals surface area contributed by atoms with Crippen molar-refractivity contribution in [3.05, 3.63) is 47.8 Å². The van der Waals surface area contributed by atoms with Crippen molar-refractivity contribution in [1.82, 2.24) is 9.80 Å². The molecule has 2 aliphatic rings. The first-order valence-electron chi connectivity index (χ1n) is 9.95. The summed E-state index contributed by atoms with van der Waals surface area (Å²) in [6.07, 6.45) is 9.95. The molecule has 5 nitrogen and oxygen atoms in total. The normalized spacial score (nSPS) is 16.3. The number of ether oxygens (including phenoxy) is 2. The molecule has 0 saturated heterocycles. The van der Waals surface area contributed by atoms with Gasteiger partial charge in [0.15, 0.2) is 11.5 Å². The molecular weight excluding hydrogens is 340 g/mol. The zero-order chi connectivity index (χ0) is 19.2. The topological polar surface area (TPSA) is 42.0 Å². The molecular formula is C22H30N2O3. The maximum absolute atomic E-state index is 13.1. The second-order valence-electron chi connectivity index (χ2n) is 7.17. The second-order valence-corrected chi connectivity index (χ2v) is 7.17. The molecule has 1 amide bonds. The van der Waals surface area contributed by atoms with Crippen LogP contribution in [0.5, 0.6) is 11.5 Å². The summed E-state index contributed by atoms with van der Waals surface area (Å²) in [5, 5.41) is 0. The summed E-state index contributed by atoms with van der Waals surface area (Å²) < 4.78 is 10.8. The molecule has 1 aromatic rings. The van der Waals surface area contributed by atoms with Crippen molar-refractivity contribution in [2.45, 2.75) is 52.5 Å². The van der Waals surface area contributed by atoms with E-state index in [9.17, 15) is 4.79 Å². The van der Waals surface area contributed by atoms with Crippen LogP contribution in [-0.4, -0.2) is 41.6 Å². The van der Waals surface area contributed by atoms with Gasteiger partial charge < -0.3 is 19.3 Å². The van der Waals surface area contributed by atoms with Crippen LogP contribution in [0.2, 0.25) is 0 Å². The zero-order valence-electron chi connectivity index (χ0n) is 16.6. The van der Waals surface area contributed by atoms with Crippen LogP contribution in [-0.2, 0) is 11.2 Å². The third kappa shape index (κ3) is 4.65. The van der Waals surface area contributed by atoms with Gasteiger partial charge in [-0.15, -0.1) is 0 Å². The molecule has 0 fully saturated rings. The second kappa shape index (κ2) is 8.98. The molecule has 5 heteroatoms. The molecule has 1 unspecified atom stereocenters. The van der Waals surface area contributed by atoms with Gasteiger partial charge in [0, 0.05) is 30.9 Å². The Kier molecular flexibility index (Phi) is 6.43. The largest absolute Gasteiger partial charge is 0.454 e. The first kappa shape index (κ1) is 19.3. The molecule has 0 bridgehead atoms. The van der Waals surface area contributed by atoms with Crippen molar-refractivity contribution >= 4 is 5.91 Å². The molecule has 2 heterocycles. The zero-order valence-corrected chi connectivity index (χ0v) is 16.6. The smallest absolute Gasteiger partial charge is 0.251 e. The monoisotopic (exact) mass is 370 g/mol. The summed E-state index contributed by atoms with van der Waals surface area (Å²) in [5.74, 6) is 1.72. The van der Waals surface area contributed by atoms with E-state index in [-0.39, 0.29) is 18.7 Å². The SMILES string of the molecule is CCCCN1C=CCC(C(=O)N(CC)C(C)Cc2ccc3c(c2)OCO3)=C1. The number of hydrogen-bond donors (Lipinski definition) is 0. The molecule has 27 heavy (non-hydrogen) atoms. The number of amides is 1. The van der Waals surface area contributed by atoms with Crippen LogP contribution >= 0.6 is 0 Å². The van der Waals surface area contributed by atoms with Gasteiger partial charge in [0.2, 0.25) is 6.79 Å². The summed E-state index contributed by atoms with van der Waals surface area (Å²) in [5.41, 5.74) is 2.02. The van der Waals surface area contributed by atoms with E-state index < -0.39 is 0 Å². The predicted octanol–water partition coefficient (Wildman–Crippen LogP) is 4.10.